The van der Waals surface area contributed by atoms with Crippen molar-refractivity contribution in [1.82, 2.24) is 20.3 Å². The van der Waals surface area contributed by atoms with Gasteiger partial charge in [-0.25, -0.2) is 9.97 Å². The molecule has 9 nitrogen and oxygen atoms in total. The van der Waals surface area contributed by atoms with E-state index >= 15 is 0 Å². The van der Waals surface area contributed by atoms with E-state index in [1.807, 2.05) is 20.0 Å². The van der Waals surface area contributed by atoms with E-state index in [-0.39, 0.29) is 31.0 Å². The molecule has 0 saturated carbocycles. The Bertz CT molecular complexity index is 718. The Balaban J connectivity index is 0.000000277. The fourth-order valence-corrected chi connectivity index (χ4v) is 2.83. The second kappa shape index (κ2) is 8.24. The SMILES string of the molecule is CC(C)CC(=O)O.Nc1ncnc2c(C3C[C@H](O)C(CO)N3)c[nH]c12. The first-order chi connectivity index (χ1) is 11.8. The highest BCUT2D eigenvalue weighted by molar-refractivity contribution is 5.87. The van der Waals surface area contributed by atoms with Crippen LogP contribution in [0, 0.1) is 5.92 Å². The monoisotopic (exact) mass is 351 g/mol. The number of aromatic amines is 1. The highest BCUT2D eigenvalue weighted by Crippen LogP contribution is 2.31. The summed E-state index contributed by atoms with van der Waals surface area (Å²) >= 11 is 0. The van der Waals surface area contributed by atoms with Gasteiger partial charge < -0.3 is 31.4 Å². The molecule has 0 radical (unpaired) electrons. The second-order valence-electron chi connectivity index (χ2n) is 6.53. The standard InChI is InChI=1S/C11H15N5O2.C5H10O2/c12-11-10-9(14-4-15-11)5(2-13-10)6-1-8(18)7(3-17)16-6;1-4(2)3-5(6)7/h2,4,6-8,13,16-18H,1,3H2,(H2,12,14,15);4H,3H2,1-2H3,(H,6,7)/t6?,7?,8-;/m0./s1. The Morgan fingerprint density at radius 1 is 1.44 bits per heavy atom. The Morgan fingerprint density at radius 3 is 2.68 bits per heavy atom. The van der Waals surface area contributed by atoms with Crippen LogP contribution in [0.25, 0.3) is 11.0 Å². The number of nitrogens with zero attached hydrogens (tertiary/aromatic N) is 2. The number of rotatable bonds is 4. The third-order valence-electron chi connectivity index (χ3n) is 4.03. The molecular weight excluding hydrogens is 326 g/mol. The molecule has 2 aromatic rings. The summed E-state index contributed by atoms with van der Waals surface area (Å²) in [5, 5.41) is 30.2. The Labute approximate surface area is 145 Å². The molecule has 1 aliphatic heterocycles. The minimum atomic E-state index is -0.713. The van der Waals surface area contributed by atoms with E-state index in [1.54, 1.807) is 0 Å². The van der Waals surface area contributed by atoms with E-state index in [1.165, 1.54) is 6.33 Å². The van der Waals surface area contributed by atoms with Gasteiger partial charge in [0.05, 0.1) is 24.3 Å². The number of aliphatic hydroxyl groups excluding tert-OH is 2. The van der Waals surface area contributed by atoms with Crippen molar-refractivity contribution in [1.29, 1.82) is 0 Å². The maximum absolute atomic E-state index is 9.81. The molecule has 3 rings (SSSR count). The number of anilines is 1. The minimum Gasteiger partial charge on any atom is -0.481 e. The highest BCUT2D eigenvalue weighted by Gasteiger charge is 2.34. The van der Waals surface area contributed by atoms with Crippen molar-refractivity contribution in [3.8, 4) is 0 Å². The predicted molar refractivity (Wildman–Crippen MR) is 92.8 cm³/mol. The first-order valence-electron chi connectivity index (χ1n) is 8.17. The van der Waals surface area contributed by atoms with Crippen LogP contribution in [0.4, 0.5) is 5.82 Å². The van der Waals surface area contributed by atoms with E-state index in [0.29, 0.717) is 17.8 Å². The number of aromatic nitrogens is 3. The van der Waals surface area contributed by atoms with Crippen LogP contribution in [0.3, 0.4) is 0 Å². The number of hydrogen-bond acceptors (Lipinski definition) is 7. The number of H-pyrrole nitrogens is 1. The van der Waals surface area contributed by atoms with Crippen molar-refractivity contribution in [2.24, 2.45) is 5.92 Å². The molecule has 2 unspecified atom stereocenters. The summed E-state index contributed by atoms with van der Waals surface area (Å²) in [6.07, 6.45) is 3.51. The van der Waals surface area contributed by atoms with Gasteiger partial charge in [-0.2, -0.15) is 0 Å². The molecule has 9 heteroatoms. The van der Waals surface area contributed by atoms with Crippen molar-refractivity contribution in [2.75, 3.05) is 12.3 Å². The Hall–Kier alpha value is -2.23. The van der Waals surface area contributed by atoms with Crippen molar-refractivity contribution >= 4 is 22.8 Å². The van der Waals surface area contributed by atoms with E-state index in [4.69, 9.17) is 15.9 Å². The smallest absolute Gasteiger partial charge is 0.303 e. The van der Waals surface area contributed by atoms with Gasteiger partial charge in [0.25, 0.3) is 0 Å². The average Bonchev–Trinajstić information content (AvgIpc) is 3.10. The van der Waals surface area contributed by atoms with E-state index in [2.05, 4.69) is 20.3 Å². The summed E-state index contributed by atoms with van der Waals surface area (Å²) in [4.78, 5) is 21.0. The normalized spacial score (nSPS) is 22.8. The van der Waals surface area contributed by atoms with Crippen LogP contribution in [0.5, 0.6) is 0 Å². The van der Waals surface area contributed by atoms with Crippen LogP contribution in [-0.4, -0.2) is 55.0 Å². The molecule has 2 aromatic heterocycles. The zero-order valence-corrected chi connectivity index (χ0v) is 14.3. The molecule has 1 saturated heterocycles. The van der Waals surface area contributed by atoms with Crippen molar-refractivity contribution in [3.05, 3.63) is 18.1 Å². The van der Waals surface area contributed by atoms with Gasteiger partial charge in [-0.15, -0.1) is 0 Å². The highest BCUT2D eigenvalue weighted by atomic mass is 16.4. The van der Waals surface area contributed by atoms with E-state index in [0.717, 1.165) is 11.1 Å². The number of fused-ring (bicyclic) bond motifs is 1. The van der Waals surface area contributed by atoms with Crippen molar-refractivity contribution < 1.29 is 20.1 Å². The summed E-state index contributed by atoms with van der Waals surface area (Å²) < 4.78 is 0. The van der Waals surface area contributed by atoms with Crippen LogP contribution in [-0.2, 0) is 4.79 Å². The first kappa shape index (κ1) is 19.1. The molecule has 3 heterocycles. The van der Waals surface area contributed by atoms with Crippen LogP contribution in [0.15, 0.2) is 12.5 Å². The van der Waals surface area contributed by atoms with Gasteiger partial charge in [-0.3, -0.25) is 4.79 Å². The lowest BCUT2D eigenvalue weighted by Crippen LogP contribution is -2.34. The molecule has 0 amide bonds. The Kier molecular flexibility index (Phi) is 6.29. The van der Waals surface area contributed by atoms with Gasteiger partial charge in [-0.1, -0.05) is 13.8 Å². The molecule has 0 aliphatic carbocycles. The number of carbonyl (C=O) groups is 1. The predicted octanol–water partition coefficient (Wildman–Crippen LogP) is 0.413. The lowest BCUT2D eigenvalue weighted by molar-refractivity contribution is -0.137. The summed E-state index contributed by atoms with van der Waals surface area (Å²) in [7, 11) is 0. The second-order valence-corrected chi connectivity index (χ2v) is 6.53. The van der Waals surface area contributed by atoms with Crippen LogP contribution in [0.2, 0.25) is 0 Å². The fraction of sp³-hybridized carbons (Fsp3) is 0.562. The number of hydrogen-bond donors (Lipinski definition) is 6. The molecule has 1 aliphatic rings. The minimum absolute atomic E-state index is 0.0415. The van der Waals surface area contributed by atoms with Gasteiger partial charge in [0, 0.05) is 24.2 Å². The summed E-state index contributed by atoms with van der Waals surface area (Å²) in [6.45, 7) is 3.68. The van der Waals surface area contributed by atoms with Crippen molar-refractivity contribution in [3.63, 3.8) is 0 Å². The molecular formula is C16H25N5O4. The molecule has 0 bridgehead atoms. The summed E-state index contributed by atoms with van der Waals surface area (Å²) in [5.41, 5.74) is 8.16. The molecule has 3 atom stereocenters. The molecule has 25 heavy (non-hydrogen) atoms. The quantitative estimate of drug-likeness (QED) is 0.462. The zero-order valence-electron chi connectivity index (χ0n) is 14.3. The van der Waals surface area contributed by atoms with Crippen LogP contribution < -0.4 is 11.1 Å². The van der Waals surface area contributed by atoms with E-state index < -0.39 is 12.1 Å². The molecule has 1 fully saturated rings. The van der Waals surface area contributed by atoms with Crippen LogP contribution >= 0.6 is 0 Å². The van der Waals surface area contributed by atoms with Gasteiger partial charge in [-0.05, 0) is 12.3 Å². The number of nitrogens with two attached hydrogens (primary N) is 1. The average molecular weight is 351 g/mol. The lowest BCUT2D eigenvalue weighted by atomic mass is 10.1. The van der Waals surface area contributed by atoms with Gasteiger partial charge in [0.2, 0.25) is 0 Å². The molecule has 138 valence electrons. The van der Waals surface area contributed by atoms with E-state index in [9.17, 15) is 9.90 Å². The van der Waals surface area contributed by atoms with Crippen molar-refractivity contribution in [2.45, 2.75) is 44.9 Å². The maximum Gasteiger partial charge on any atom is 0.303 e. The van der Waals surface area contributed by atoms with Gasteiger partial charge in [0.15, 0.2) is 5.82 Å². The van der Waals surface area contributed by atoms with Gasteiger partial charge >= 0.3 is 5.97 Å². The lowest BCUT2D eigenvalue weighted by Gasteiger charge is -2.11. The number of nitrogen functional groups attached to an aromatic ring is 1. The fourth-order valence-electron chi connectivity index (χ4n) is 2.83. The third-order valence-corrected chi connectivity index (χ3v) is 4.03. The number of aliphatic hydroxyl groups is 2. The van der Waals surface area contributed by atoms with Gasteiger partial charge in [0.1, 0.15) is 11.8 Å². The Morgan fingerprint density at radius 2 is 2.16 bits per heavy atom. The number of aliphatic carboxylic acids is 1. The zero-order chi connectivity index (χ0) is 18.6. The molecule has 7 N–H and O–H groups in total. The number of nitrogens with one attached hydrogen (secondary N) is 2. The topological polar surface area (TPSA) is 157 Å². The largest absolute Gasteiger partial charge is 0.481 e. The summed E-state index contributed by atoms with van der Waals surface area (Å²) in [5.74, 6) is -0.0315. The number of carboxylic acid groups (broad SMARTS) is 1. The maximum atomic E-state index is 9.81. The first-order valence-corrected chi connectivity index (χ1v) is 8.17. The van der Waals surface area contributed by atoms with Crippen LogP contribution in [0.1, 0.15) is 38.3 Å². The third kappa shape index (κ3) is 4.65. The molecule has 0 spiro atoms. The summed E-state index contributed by atoms with van der Waals surface area (Å²) in [6, 6.07) is -0.334. The number of carboxylic acids is 1. The molecule has 0 aromatic carbocycles.